The van der Waals surface area contributed by atoms with Crippen molar-refractivity contribution in [2.24, 2.45) is 0 Å². The molecule has 0 radical (unpaired) electrons. The van der Waals surface area contributed by atoms with E-state index in [0.717, 1.165) is 12.1 Å². The molecule has 26 heavy (non-hydrogen) atoms. The second kappa shape index (κ2) is 7.85. The van der Waals surface area contributed by atoms with Gasteiger partial charge in [0, 0.05) is 31.9 Å². The molecule has 1 fully saturated rings. The molecule has 3 rings (SSSR count). The van der Waals surface area contributed by atoms with Gasteiger partial charge in [-0.25, -0.2) is 9.42 Å². The number of nitrogens with one attached hydrogen (secondary N) is 1. The summed E-state index contributed by atoms with van der Waals surface area (Å²) in [6.45, 7) is 3.99. The van der Waals surface area contributed by atoms with Crippen molar-refractivity contribution in [3.8, 4) is 0 Å². The zero-order chi connectivity index (χ0) is 18.5. The van der Waals surface area contributed by atoms with Crippen molar-refractivity contribution in [1.29, 1.82) is 0 Å². The molecule has 1 saturated heterocycles. The van der Waals surface area contributed by atoms with E-state index in [4.69, 9.17) is 5.73 Å². The highest BCUT2D eigenvalue weighted by Crippen LogP contribution is 2.14. The highest BCUT2D eigenvalue weighted by atomic mass is 16.6. The molecule has 2 aromatic rings. The zero-order valence-corrected chi connectivity index (χ0v) is 14.6. The number of carbonyl (C=O) groups excluding carboxylic acids is 2. The van der Waals surface area contributed by atoms with Gasteiger partial charge in [-0.1, -0.05) is 19.1 Å². The molecule has 0 saturated carbocycles. The third-order valence-corrected chi connectivity index (χ3v) is 4.40. The summed E-state index contributed by atoms with van der Waals surface area (Å²) < 4.78 is 4.48. The van der Waals surface area contributed by atoms with Crippen LogP contribution in [0.2, 0.25) is 0 Å². The zero-order valence-electron chi connectivity index (χ0n) is 14.6. The van der Waals surface area contributed by atoms with Gasteiger partial charge in [0.25, 0.3) is 5.91 Å². The van der Waals surface area contributed by atoms with E-state index in [1.807, 2.05) is 24.3 Å². The third kappa shape index (κ3) is 3.93. The van der Waals surface area contributed by atoms with Crippen LogP contribution < -0.4 is 11.1 Å². The number of rotatable bonds is 3. The predicted molar refractivity (Wildman–Crippen MR) is 95.6 cm³/mol. The van der Waals surface area contributed by atoms with E-state index in [1.165, 1.54) is 5.56 Å². The molecular formula is C17H22N6O3. The van der Waals surface area contributed by atoms with Crippen LogP contribution in [-0.4, -0.2) is 58.2 Å². The molecule has 1 aliphatic rings. The van der Waals surface area contributed by atoms with E-state index in [0.29, 0.717) is 32.6 Å². The van der Waals surface area contributed by atoms with Gasteiger partial charge >= 0.3 is 6.03 Å². The van der Waals surface area contributed by atoms with Crippen molar-refractivity contribution in [2.45, 2.75) is 19.8 Å². The van der Waals surface area contributed by atoms with Crippen molar-refractivity contribution in [3.63, 3.8) is 0 Å². The van der Waals surface area contributed by atoms with Crippen molar-refractivity contribution >= 4 is 23.4 Å². The van der Waals surface area contributed by atoms with Gasteiger partial charge in [0.2, 0.25) is 11.5 Å². The van der Waals surface area contributed by atoms with Crippen LogP contribution >= 0.6 is 0 Å². The first-order chi connectivity index (χ1) is 12.6. The van der Waals surface area contributed by atoms with Gasteiger partial charge in [-0.3, -0.25) is 4.79 Å². The van der Waals surface area contributed by atoms with Gasteiger partial charge in [0.15, 0.2) is 0 Å². The van der Waals surface area contributed by atoms with Crippen LogP contribution in [-0.2, 0) is 6.42 Å². The number of hydrogen-bond donors (Lipinski definition) is 2. The summed E-state index contributed by atoms with van der Waals surface area (Å²) in [4.78, 5) is 28.2. The summed E-state index contributed by atoms with van der Waals surface area (Å²) in [7, 11) is 0. The minimum Gasteiger partial charge on any atom is -0.379 e. The lowest BCUT2D eigenvalue weighted by Crippen LogP contribution is -2.39. The quantitative estimate of drug-likeness (QED) is 0.860. The van der Waals surface area contributed by atoms with Crippen LogP contribution in [0.4, 0.5) is 16.3 Å². The summed E-state index contributed by atoms with van der Waals surface area (Å²) in [5.41, 5.74) is 7.56. The summed E-state index contributed by atoms with van der Waals surface area (Å²) in [5.74, 6) is -0.356. The fourth-order valence-electron chi connectivity index (χ4n) is 2.84. The number of urea groups is 1. The molecule has 1 aromatic heterocycles. The normalized spacial score (nSPS) is 14.8. The van der Waals surface area contributed by atoms with E-state index in [-0.39, 0.29) is 23.5 Å². The molecule has 3 amide bonds. The van der Waals surface area contributed by atoms with Crippen molar-refractivity contribution in [3.05, 3.63) is 35.5 Å². The number of amides is 3. The first kappa shape index (κ1) is 17.7. The second-order valence-corrected chi connectivity index (χ2v) is 6.11. The molecule has 0 atom stereocenters. The number of carbonyl (C=O) groups is 2. The maximum atomic E-state index is 12.5. The topological polar surface area (TPSA) is 118 Å². The molecule has 0 aliphatic carbocycles. The Hall–Kier alpha value is -3.10. The first-order valence-corrected chi connectivity index (χ1v) is 8.60. The number of nitrogen functional groups attached to an aromatic ring is 1. The monoisotopic (exact) mass is 358 g/mol. The molecule has 0 spiro atoms. The Balaban J connectivity index is 1.58. The lowest BCUT2D eigenvalue weighted by atomic mass is 10.1. The molecule has 1 aliphatic heterocycles. The minimum atomic E-state index is -0.332. The van der Waals surface area contributed by atoms with Crippen LogP contribution in [0.1, 0.15) is 29.4 Å². The third-order valence-electron chi connectivity index (χ3n) is 4.40. The number of nitrogens with two attached hydrogens (primary N) is 1. The van der Waals surface area contributed by atoms with Crippen molar-refractivity contribution in [1.82, 2.24) is 20.1 Å². The fraction of sp³-hybridized carbons (Fsp3) is 0.412. The summed E-state index contributed by atoms with van der Waals surface area (Å²) in [5, 5.41) is 9.88. The average Bonchev–Trinajstić information content (AvgIpc) is 2.93. The molecule has 3 N–H and O–H groups in total. The van der Waals surface area contributed by atoms with E-state index in [1.54, 1.807) is 9.80 Å². The molecule has 0 unspecified atom stereocenters. The summed E-state index contributed by atoms with van der Waals surface area (Å²) in [6.07, 6.45) is 1.62. The van der Waals surface area contributed by atoms with E-state index < -0.39 is 0 Å². The van der Waals surface area contributed by atoms with E-state index >= 15 is 0 Å². The van der Waals surface area contributed by atoms with Gasteiger partial charge < -0.3 is 20.9 Å². The molecule has 138 valence electrons. The lowest BCUT2D eigenvalue weighted by molar-refractivity contribution is 0.0752. The fourth-order valence-corrected chi connectivity index (χ4v) is 2.84. The van der Waals surface area contributed by atoms with Crippen LogP contribution in [0.15, 0.2) is 28.9 Å². The number of aromatic nitrogens is 2. The largest absolute Gasteiger partial charge is 0.379 e. The van der Waals surface area contributed by atoms with Crippen LogP contribution in [0.5, 0.6) is 0 Å². The van der Waals surface area contributed by atoms with Crippen LogP contribution in [0.25, 0.3) is 0 Å². The van der Waals surface area contributed by atoms with Gasteiger partial charge in [0.05, 0.1) is 0 Å². The maximum absolute atomic E-state index is 12.5. The van der Waals surface area contributed by atoms with Gasteiger partial charge in [-0.05, 0) is 40.9 Å². The number of hydrogen-bond acceptors (Lipinski definition) is 6. The maximum Gasteiger partial charge on any atom is 0.321 e. The van der Waals surface area contributed by atoms with Gasteiger partial charge in [-0.2, -0.15) is 0 Å². The Morgan fingerprint density at radius 1 is 1.12 bits per heavy atom. The Bertz CT molecular complexity index is 773. The molecule has 9 heteroatoms. The SMILES string of the molecule is CCc1ccc(NC(=O)N2CCCN(C(=O)c3nonc3N)CC2)cc1. The highest BCUT2D eigenvalue weighted by molar-refractivity contribution is 5.96. The Morgan fingerprint density at radius 3 is 2.46 bits per heavy atom. The predicted octanol–water partition coefficient (Wildman–Crippen LogP) is 1.59. The highest BCUT2D eigenvalue weighted by Gasteiger charge is 2.26. The smallest absolute Gasteiger partial charge is 0.321 e. The number of anilines is 2. The molecular weight excluding hydrogens is 336 g/mol. The first-order valence-electron chi connectivity index (χ1n) is 8.60. The Kier molecular flexibility index (Phi) is 5.35. The van der Waals surface area contributed by atoms with Crippen LogP contribution in [0.3, 0.4) is 0 Å². The van der Waals surface area contributed by atoms with E-state index in [2.05, 4.69) is 27.2 Å². The Morgan fingerprint density at radius 2 is 1.81 bits per heavy atom. The molecule has 2 heterocycles. The Labute approximate surface area is 151 Å². The summed E-state index contributed by atoms with van der Waals surface area (Å²) in [6, 6.07) is 7.60. The van der Waals surface area contributed by atoms with Gasteiger partial charge in [0.1, 0.15) is 0 Å². The van der Waals surface area contributed by atoms with Crippen molar-refractivity contribution < 1.29 is 14.2 Å². The average molecular weight is 358 g/mol. The second-order valence-electron chi connectivity index (χ2n) is 6.11. The number of benzene rings is 1. The number of aryl methyl sites for hydroxylation is 1. The van der Waals surface area contributed by atoms with Crippen LogP contribution in [0, 0.1) is 0 Å². The standard InChI is InChI=1S/C17H22N6O3/c1-2-12-4-6-13(7-5-12)19-17(25)23-9-3-8-22(10-11-23)16(24)14-15(18)21-26-20-14/h4-7H,2-3,8-11H2,1H3,(H2,18,21)(H,19,25). The summed E-state index contributed by atoms with van der Waals surface area (Å²) >= 11 is 0. The molecule has 0 bridgehead atoms. The van der Waals surface area contributed by atoms with E-state index in [9.17, 15) is 9.59 Å². The number of nitrogens with zero attached hydrogens (tertiary/aromatic N) is 4. The minimum absolute atomic E-state index is 0.0129. The molecule has 9 nitrogen and oxygen atoms in total. The van der Waals surface area contributed by atoms with Gasteiger partial charge in [-0.15, -0.1) is 0 Å². The lowest BCUT2D eigenvalue weighted by Gasteiger charge is -2.22. The van der Waals surface area contributed by atoms with Crippen molar-refractivity contribution in [2.75, 3.05) is 37.2 Å². The molecule has 1 aromatic carbocycles.